The fourth-order valence-electron chi connectivity index (χ4n) is 2.28. The molecule has 1 aromatic carbocycles. The Bertz CT molecular complexity index is 373. The molecule has 0 radical (unpaired) electrons. The van der Waals surface area contributed by atoms with E-state index in [9.17, 15) is 4.79 Å². The topological polar surface area (TPSA) is 64.4 Å². The minimum Gasteiger partial charge on any atom is -0.449 e. The van der Waals surface area contributed by atoms with E-state index in [0.29, 0.717) is 18.6 Å². The highest BCUT2D eigenvalue weighted by atomic mass is 35.5. The Morgan fingerprint density at radius 1 is 1.39 bits per heavy atom. The number of carbonyl (C=O) groups excluding carboxylic acids is 1. The lowest BCUT2D eigenvalue weighted by Gasteiger charge is -2.10. The van der Waals surface area contributed by atoms with Gasteiger partial charge in [0.05, 0.1) is 6.61 Å². The number of nitrogens with one attached hydrogen (secondary N) is 1. The summed E-state index contributed by atoms with van der Waals surface area (Å²) in [6.07, 6.45) is 1.37. The summed E-state index contributed by atoms with van der Waals surface area (Å²) in [4.78, 5) is 10.5. The first-order valence-corrected chi connectivity index (χ1v) is 5.93. The number of nitrogens with two attached hydrogens (primary N) is 1. The molecular formula is C13H19ClN2O2. The second-order valence-electron chi connectivity index (χ2n) is 4.53. The number of halogens is 1. The maximum atomic E-state index is 10.5. The van der Waals surface area contributed by atoms with Crippen LogP contribution in [0.4, 0.5) is 4.79 Å². The van der Waals surface area contributed by atoms with E-state index in [2.05, 4.69) is 29.6 Å². The van der Waals surface area contributed by atoms with Crippen molar-refractivity contribution in [1.82, 2.24) is 5.32 Å². The second kappa shape index (κ2) is 7.24. The van der Waals surface area contributed by atoms with Crippen molar-refractivity contribution in [3.05, 3.63) is 35.9 Å². The van der Waals surface area contributed by atoms with E-state index in [1.54, 1.807) is 0 Å². The van der Waals surface area contributed by atoms with Crippen LogP contribution in [0.1, 0.15) is 12.0 Å². The highest BCUT2D eigenvalue weighted by Gasteiger charge is 2.24. The van der Waals surface area contributed by atoms with Crippen molar-refractivity contribution in [3.63, 3.8) is 0 Å². The Labute approximate surface area is 113 Å². The lowest BCUT2D eigenvalue weighted by Crippen LogP contribution is -2.23. The molecule has 0 bridgehead atoms. The maximum absolute atomic E-state index is 10.5. The normalized spacial score (nSPS) is 22.2. The molecule has 1 saturated heterocycles. The zero-order chi connectivity index (χ0) is 12.1. The minimum atomic E-state index is -0.684. The number of benzene rings is 1. The maximum Gasteiger partial charge on any atom is 0.404 e. The van der Waals surface area contributed by atoms with Gasteiger partial charge >= 0.3 is 6.09 Å². The molecule has 0 aliphatic carbocycles. The number of primary amides is 1. The van der Waals surface area contributed by atoms with Gasteiger partial charge in [-0.2, -0.15) is 0 Å². The van der Waals surface area contributed by atoms with Crippen LogP contribution in [0.2, 0.25) is 0 Å². The van der Waals surface area contributed by atoms with Crippen molar-refractivity contribution in [3.8, 4) is 0 Å². The van der Waals surface area contributed by atoms with Crippen molar-refractivity contribution < 1.29 is 9.53 Å². The first kappa shape index (κ1) is 14.8. The van der Waals surface area contributed by atoms with E-state index in [4.69, 9.17) is 10.5 Å². The fraction of sp³-hybridized carbons (Fsp3) is 0.462. The van der Waals surface area contributed by atoms with Crippen LogP contribution in [0.5, 0.6) is 0 Å². The van der Waals surface area contributed by atoms with Crippen molar-refractivity contribution >= 4 is 18.5 Å². The molecule has 2 unspecified atom stereocenters. The Balaban J connectivity index is 0.00000162. The number of rotatable bonds is 4. The van der Waals surface area contributed by atoms with E-state index in [1.807, 2.05) is 6.07 Å². The molecule has 100 valence electrons. The standard InChI is InChI=1S/C13H18N2O2.ClH/c14-13(16)17-9-11-7-12(15-8-11)6-10-4-2-1-3-5-10;/h1-5,11-12,15H,6-9H2,(H2,14,16);1H. The highest BCUT2D eigenvalue weighted by Crippen LogP contribution is 2.17. The largest absolute Gasteiger partial charge is 0.449 e. The molecule has 1 aliphatic heterocycles. The quantitative estimate of drug-likeness (QED) is 0.876. The molecule has 3 N–H and O–H groups in total. The van der Waals surface area contributed by atoms with Gasteiger partial charge in [0.2, 0.25) is 0 Å². The molecule has 1 fully saturated rings. The average molecular weight is 271 g/mol. The summed E-state index contributed by atoms with van der Waals surface area (Å²) in [5.74, 6) is 0.385. The van der Waals surface area contributed by atoms with E-state index in [-0.39, 0.29) is 12.4 Å². The zero-order valence-corrected chi connectivity index (χ0v) is 11.0. The minimum absolute atomic E-state index is 0. The fourth-order valence-corrected chi connectivity index (χ4v) is 2.28. The number of hydrogen-bond acceptors (Lipinski definition) is 3. The molecule has 2 rings (SSSR count). The molecule has 5 heteroatoms. The number of ether oxygens (including phenoxy) is 1. The molecule has 1 amide bonds. The van der Waals surface area contributed by atoms with Gasteiger partial charge in [0.25, 0.3) is 0 Å². The van der Waals surface area contributed by atoms with Gasteiger partial charge in [0.15, 0.2) is 0 Å². The summed E-state index contributed by atoms with van der Waals surface area (Å²) in [5.41, 5.74) is 6.28. The van der Waals surface area contributed by atoms with Gasteiger partial charge in [-0.05, 0) is 18.4 Å². The van der Waals surface area contributed by atoms with E-state index >= 15 is 0 Å². The van der Waals surface area contributed by atoms with Gasteiger partial charge in [-0.1, -0.05) is 30.3 Å². The molecule has 18 heavy (non-hydrogen) atoms. The van der Waals surface area contributed by atoms with Crippen molar-refractivity contribution in [1.29, 1.82) is 0 Å². The zero-order valence-electron chi connectivity index (χ0n) is 10.2. The Morgan fingerprint density at radius 2 is 2.11 bits per heavy atom. The lowest BCUT2D eigenvalue weighted by molar-refractivity contribution is 0.139. The lowest BCUT2D eigenvalue weighted by atomic mass is 10.0. The SMILES string of the molecule is Cl.NC(=O)OCC1CNC(Cc2ccccc2)C1. The smallest absolute Gasteiger partial charge is 0.404 e. The third kappa shape index (κ3) is 4.55. The van der Waals surface area contributed by atoms with E-state index < -0.39 is 6.09 Å². The summed E-state index contributed by atoms with van der Waals surface area (Å²) < 4.78 is 4.82. The van der Waals surface area contributed by atoms with Crippen LogP contribution in [0.15, 0.2) is 30.3 Å². The second-order valence-corrected chi connectivity index (χ2v) is 4.53. The van der Waals surface area contributed by atoms with E-state index in [1.165, 1.54) is 5.56 Å². The molecule has 1 aliphatic rings. The van der Waals surface area contributed by atoms with Crippen LogP contribution in [0, 0.1) is 5.92 Å². The van der Waals surface area contributed by atoms with E-state index in [0.717, 1.165) is 19.4 Å². The first-order chi connectivity index (χ1) is 8.24. The Hall–Kier alpha value is -1.26. The van der Waals surface area contributed by atoms with Crippen LogP contribution in [0.25, 0.3) is 0 Å². The van der Waals surface area contributed by atoms with Gasteiger partial charge in [0, 0.05) is 18.5 Å². The first-order valence-electron chi connectivity index (χ1n) is 5.93. The summed E-state index contributed by atoms with van der Waals surface area (Å²) in [7, 11) is 0. The van der Waals surface area contributed by atoms with Gasteiger partial charge in [-0.15, -0.1) is 12.4 Å². The molecule has 4 nitrogen and oxygen atoms in total. The van der Waals surface area contributed by atoms with Crippen LogP contribution in [0.3, 0.4) is 0 Å². The van der Waals surface area contributed by atoms with Crippen LogP contribution in [-0.4, -0.2) is 25.3 Å². The summed E-state index contributed by atoms with van der Waals surface area (Å²) in [6, 6.07) is 10.9. The molecule has 1 heterocycles. The van der Waals surface area contributed by atoms with Gasteiger partial charge in [-0.3, -0.25) is 0 Å². The Morgan fingerprint density at radius 3 is 2.78 bits per heavy atom. The Kier molecular flexibility index (Phi) is 5.95. The molecule has 1 aromatic rings. The number of carbonyl (C=O) groups is 1. The van der Waals surface area contributed by atoms with Crippen molar-refractivity contribution in [2.24, 2.45) is 11.7 Å². The van der Waals surface area contributed by atoms with Gasteiger partial charge < -0.3 is 15.8 Å². The monoisotopic (exact) mass is 270 g/mol. The molecule has 2 atom stereocenters. The molecular weight excluding hydrogens is 252 g/mol. The average Bonchev–Trinajstić information content (AvgIpc) is 2.75. The van der Waals surface area contributed by atoms with Gasteiger partial charge in [0.1, 0.15) is 0 Å². The van der Waals surface area contributed by atoms with Crippen molar-refractivity contribution in [2.75, 3.05) is 13.2 Å². The predicted molar refractivity (Wildman–Crippen MR) is 72.8 cm³/mol. The molecule has 0 aromatic heterocycles. The van der Waals surface area contributed by atoms with Gasteiger partial charge in [-0.25, -0.2) is 4.79 Å². The summed E-state index contributed by atoms with van der Waals surface area (Å²) in [6.45, 7) is 1.32. The van der Waals surface area contributed by atoms with Crippen LogP contribution in [-0.2, 0) is 11.2 Å². The third-order valence-electron chi connectivity index (χ3n) is 3.10. The molecule has 0 saturated carbocycles. The van der Waals surface area contributed by atoms with Crippen LogP contribution >= 0.6 is 12.4 Å². The molecule has 0 spiro atoms. The number of amides is 1. The number of hydrogen-bond donors (Lipinski definition) is 2. The predicted octanol–water partition coefficient (Wildman–Crippen LogP) is 1.72. The highest BCUT2D eigenvalue weighted by molar-refractivity contribution is 5.85. The van der Waals surface area contributed by atoms with Crippen molar-refractivity contribution in [2.45, 2.75) is 18.9 Å². The summed E-state index contributed by atoms with van der Waals surface area (Å²) in [5, 5.41) is 3.45. The van der Waals surface area contributed by atoms with Crippen LogP contribution < -0.4 is 11.1 Å². The summed E-state index contributed by atoms with van der Waals surface area (Å²) >= 11 is 0. The third-order valence-corrected chi connectivity index (χ3v) is 3.10.